The van der Waals surface area contributed by atoms with E-state index in [0.717, 1.165) is 16.7 Å². The highest BCUT2D eigenvalue weighted by Crippen LogP contribution is 2.18. The average Bonchev–Trinajstić information content (AvgIpc) is 3.05. The summed E-state index contributed by atoms with van der Waals surface area (Å²) in [4.78, 5) is 28.9. The van der Waals surface area contributed by atoms with E-state index in [2.05, 4.69) is 4.98 Å². The third kappa shape index (κ3) is 4.14. The highest BCUT2D eigenvalue weighted by molar-refractivity contribution is 6.02. The summed E-state index contributed by atoms with van der Waals surface area (Å²) in [6.45, 7) is 7.39. The van der Waals surface area contributed by atoms with Crippen LogP contribution in [0.15, 0.2) is 46.9 Å². The number of fused-ring (bicyclic) bond motifs is 1. The van der Waals surface area contributed by atoms with Crippen molar-refractivity contribution >= 4 is 28.9 Å². The number of Topliss-reactive ketones (excluding diaryl/α,β-unsaturated/α-hetero) is 1. The van der Waals surface area contributed by atoms with Gasteiger partial charge in [-0.25, -0.2) is 9.78 Å². The Balaban J connectivity index is 1.68. The number of benzene rings is 2. The van der Waals surface area contributed by atoms with Gasteiger partial charge in [0.2, 0.25) is 11.7 Å². The smallest absolute Gasteiger partial charge is 0.331 e. The first-order valence-corrected chi connectivity index (χ1v) is 8.71. The fourth-order valence-corrected chi connectivity index (χ4v) is 2.81. The molecule has 3 aromatic rings. The summed E-state index contributed by atoms with van der Waals surface area (Å²) >= 11 is 0. The minimum atomic E-state index is -0.883. The Kier molecular flexibility index (Phi) is 5.21. The molecule has 0 saturated carbocycles. The van der Waals surface area contributed by atoms with Crippen molar-refractivity contribution in [2.75, 3.05) is 0 Å². The van der Waals surface area contributed by atoms with Crippen molar-refractivity contribution < 1.29 is 18.7 Å². The van der Waals surface area contributed by atoms with Crippen LogP contribution in [0, 0.1) is 20.8 Å². The van der Waals surface area contributed by atoms with Crippen LogP contribution in [0.3, 0.4) is 0 Å². The van der Waals surface area contributed by atoms with Crippen molar-refractivity contribution in [3.8, 4) is 0 Å². The van der Waals surface area contributed by atoms with Crippen molar-refractivity contribution in [2.45, 2.75) is 33.8 Å². The van der Waals surface area contributed by atoms with E-state index in [9.17, 15) is 9.59 Å². The molecule has 1 aromatic heterocycles. The second-order valence-electron chi connectivity index (χ2n) is 6.55. The normalized spacial score (nSPS) is 12.4. The predicted octanol–water partition coefficient (Wildman–Crippen LogP) is 4.58. The highest BCUT2D eigenvalue weighted by atomic mass is 16.5. The van der Waals surface area contributed by atoms with E-state index in [1.54, 1.807) is 13.0 Å². The first kappa shape index (κ1) is 18.6. The van der Waals surface area contributed by atoms with Gasteiger partial charge in [-0.05, 0) is 62.6 Å². The van der Waals surface area contributed by atoms with Gasteiger partial charge in [0.05, 0.1) is 0 Å². The second kappa shape index (κ2) is 7.58. The number of aromatic nitrogens is 1. The Bertz CT molecular complexity index is 1010. The molecular weight excluding hydrogens is 342 g/mol. The Morgan fingerprint density at radius 2 is 1.78 bits per heavy atom. The summed E-state index contributed by atoms with van der Waals surface area (Å²) < 4.78 is 10.8. The van der Waals surface area contributed by atoms with Gasteiger partial charge in [-0.1, -0.05) is 18.2 Å². The molecule has 138 valence electrons. The van der Waals surface area contributed by atoms with Crippen LogP contribution < -0.4 is 0 Å². The monoisotopic (exact) mass is 363 g/mol. The summed E-state index contributed by atoms with van der Waals surface area (Å²) in [5.74, 6) is -0.545. The fourth-order valence-electron chi connectivity index (χ4n) is 2.81. The third-order valence-corrected chi connectivity index (χ3v) is 4.44. The first-order valence-electron chi connectivity index (χ1n) is 8.71. The van der Waals surface area contributed by atoms with E-state index in [1.165, 1.54) is 12.2 Å². The summed E-state index contributed by atoms with van der Waals surface area (Å²) in [5.41, 5.74) is 4.93. The van der Waals surface area contributed by atoms with Crippen LogP contribution in [-0.2, 0) is 9.53 Å². The topological polar surface area (TPSA) is 69.4 Å². The number of carbonyl (C=O) groups excluding carboxylic acids is 2. The summed E-state index contributed by atoms with van der Waals surface area (Å²) in [5, 5.41) is 0. The third-order valence-electron chi connectivity index (χ3n) is 4.44. The zero-order valence-electron chi connectivity index (χ0n) is 15.8. The van der Waals surface area contributed by atoms with E-state index in [0.29, 0.717) is 22.6 Å². The van der Waals surface area contributed by atoms with Gasteiger partial charge in [-0.15, -0.1) is 0 Å². The van der Waals surface area contributed by atoms with Crippen molar-refractivity contribution in [1.29, 1.82) is 0 Å². The van der Waals surface area contributed by atoms with Gasteiger partial charge < -0.3 is 9.15 Å². The molecule has 0 radical (unpaired) electrons. The SMILES string of the molecule is Cc1cc(C)c(C(=O)C(C)OC(=O)/C=C/c2nc3ccccc3o2)cc1C. The molecule has 1 heterocycles. The van der Waals surface area contributed by atoms with E-state index >= 15 is 0 Å². The summed E-state index contributed by atoms with van der Waals surface area (Å²) in [6.07, 6.45) is 1.76. The standard InChI is InChI=1S/C22H21NO4/c1-13-11-15(3)17(12-14(13)2)22(25)16(4)26-21(24)10-9-20-23-18-7-5-6-8-19(18)27-20/h5-12,16H,1-4H3/b10-9+. The summed E-state index contributed by atoms with van der Waals surface area (Å²) in [7, 11) is 0. The van der Waals surface area contributed by atoms with E-state index < -0.39 is 12.1 Å². The minimum Gasteiger partial charge on any atom is -0.451 e. The lowest BCUT2D eigenvalue weighted by molar-refractivity contribution is -0.140. The van der Waals surface area contributed by atoms with Gasteiger partial charge in [0, 0.05) is 17.7 Å². The number of nitrogens with zero attached hydrogens (tertiary/aromatic N) is 1. The Hall–Kier alpha value is -3.21. The first-order chi connectivity index (χ1) is 12.8. The molecule has 5 heteroatoms. The number of para-hydroxylation sites is 2. The molecule has 0 spiro atoms. The number of aryl methyl sites for hydroxylation is 3. The van der Waals surface area contributed by atoms with Gasteiger partial charge >= 0.3 is 5.97 Å². The highest BCUT2D eigenvalue weighted by Gasteiger charge is 2.21. The molecule has 0 aliphatic heterocycles. The number of carbonyl (C=O) groups is 2. The van der Waals surface area contributed by atoms with E-state index in [4.69, 9.17) is 9.15 Å². The van der Waals surface area contributed by atoms with Crippen molar-refractivity contribution in [2.24, 2.45) is 0 Å². The number of rotatable bonds is 5. The molecule has 1 unspecified atom stereocenters. The number of esters is 1. The molecule has 3 rings (SSSR count). The van der Waals surface area contributed by atoms with Gasteiger partial charge in [-0.2, -0.15) is 0 Å². The minimum absolute atomic E-state index is 0.223. The van der Waals surface area contributed by atoms with E-state index in [1.807, 2.05) is 51.1 Å². The van der Waals surface area contributed by atoms with Crippen LogP contribution in [0.4, 0.5) is 0 Å². The van der Waals surface area contributed by atoms with Crippen molar-refractivity contribution in [3.05, 3.63) is 70.6 Å². The fraction of sp³-hybridized carbons (Fsp3) is 0.227. The van der Waals surface area contributed by atoms with Crippen LogP contribution >= 0.6 is 0 Å². The molecule has 0 N–H and O–H groups in total. The summed E-state index contributed by atoms with van der Waals surface area (Å²) in [6, 6.07) is 11.1. The molecule has 0 aliphatic rings. The van der Waals surface area contributed by atoms with E-state index in [-0.39, 0.29) is 5.78 Å². The molecule has 27 heavy (non-hydrogen) atoms. The second-order valence-corrected chi connectivity index (χ2v) is 6.55. The zero-order valence-corrected chi connectivity index (χ0v) is 15.8. The van der Waals surface area contributed by atoms with Gasteiger partial charge in [0.1, 0.15) is 5.52 Å². The lowest BCUT2D eigenvalue weighted by Crippen LogP contribution is -2.24. The molecule has 0 aliphatic carbocycles. The number of ketones is 1. The zero-order chi connectivity index (χ0) is 19.6. The van der Waals surface area contributed by atoms with Gasteiger partial charge in [-0.3, -0.25) is 4.79 Å². The number of hydrogen-bond acceptors (Lipinski definition) is 5. The van der Waals surface area contributed by atoms with Crippen molar-refractivity contribution in [3.63, 3.8) is 0 Å². The molecule has 0 saturated heterocycles. The van der Waals surface area contributed by atoms with Gasteiger partial charge in [0.25, 0.3) is 0 Å². The van der Waals surface area contributed by atoms with Crippen molar-refractivity contribution in [1.82, 2.24) is 4.98 Å². The predicted molar refractivity (Wildman–Crippen MR) is 104 cm³/mol. The number of oxazole rings is 1. The van der Waals surface area contributed by atoms with Crippen LogP contribution in [0.5, 0.6) is 0 Å². The molecule has 0 amide bonds. The lowest BCUT2D eigenvalue weighted by Gasteiger charge is -2.14. The molecule has 1 atom stereocenters. The Labute approximate surface area is 157 Å². The van der Waals surface area contributed by atoms with Crippen LogP contribution in [0.1, 0.15) is 39.9 Å². The van der Waals surface area contributed by atoms with Crippen LogP contribution in [-0.4, -0.2) is 22.8 Å². The maximum atomic E-state index is 12.6. The Morgan fingerprint density at radius 3 is 2.52 bits per heavy atom. The number of hydrogen-bond donors (Lipinski definition) is 0. The van der Waals surface area contributed by atoms with Crippen LogP contribution in [0.25, 0.3) is 17.2 Å². The molecule has 0 bridgehead atoms. The largest absolute Gasteiger partial charge is 0.451 e. The molecular formula is C22H21NO4. The average molecular weight is 363 g/mol. The molecule has 5 nitrogen and oxygen atoms in total. The molecule has 2 aromatic carbocycles. The quantitative estimate of drug-likeness (QED) is 0.377. The number of ether oxygens (including phenoxy) is 1. The molecule has 0 fully saturated rings. The van der Waals surface area contributed by atoms with Crippen LogP contribution in [0.2, 0.25) is 0 Å². The lowest BCUT2D eigenvalue weighted by atomic mass is 9.96. The van der Waals surface area contributed by atoms with Gasteiger partial charge in [0.15, 0.2) is 11.7 Å². The maximum Gasteiger partial charge on any atom is 0.331 e. The Morgan fingerprint density at radius 1 is 1.07 bits per heavy atom. The maximum absolute atomic E-state index is 12.6.